The van der Waals surface area contributed by atoms with Gasteiger partial charge in [0.2, 0.25) is 0 Å². The van der Waals surface area contributed by atoms with Crippen molar-refractivity contribution in [1.29, 1.82) is 0 Å². The number of benzene rings is 1. The van der Waals surface area contributed by atoms with Gasteiger partial charge in [0.05, 0.1) is 44.7 Å². The summed E-state index contributed by atoms with van der Waals surface area (Å²) in [5.41, 5.74) is 2.15. The first-order chi connectivity index (χ1) is 14.6. The van der Waals surface area contributed by atoms with Crippen molar-refractivity contribution in [2.24, 2.45) is 12.0 Å². The molecule has 1 saturated heterocycles. The number of aliphatic hydroxyl groups is 1. The van der Waals surface area contributed by atoms with Crippen LogP contribution in [0.2, 0.25) is 0 Å². The molecule has 0 amide bonds. The van der Waals surface area contributed by atoms with E-state index >= 15 is 0 Å². The van der Waals surface area contributed by atoms with E-state index in [9.17, 15) is 5.11 Å². The number of nitrogens with zero attached hydrogens (tertiary/aromatic N) is 4. The maximum absolute atomic E-state index is 10.4. The number of rotatable bonds is 8. The highest BCUT2D eigenvalue weighted by atomic mass is 127. The van der Waals surface area contributed by atoms with Crippen molar-refractivity contribution in [1.82, 2.24) is 20.0 Å². The van der Waals surface area contributed by atoms with Crippen molar-refractivity contribution >= 4 is 29.9 Å². The van der Waals surface area contributed by atoms with Crippen LogP contribution >= 0.6 is 24.0 Å². The Morgan fingerprint density at radius 2 is 2.16 bits per heavy atom. The van der Waals surface area contributed by atoms with Crippen molar-refractivity contribution in [2.45, 2.75) is 32.2 Å². The van der Waals surface area contributed by atoms with Gasteiger partial charge in [-0.05, 0) is 19.4 Å². The van der Waals surface area contributed by atoms with Gasteiger partial charge in [-0.2, -0.15) is 5.10 Å². The molecular formula is C22H34IN5O3. The average molecular weight is 543 g/mol. The number of hydrogen-bond donors (Lipinski definition) is 2. The molecule has 0 saturated carbocycles. The SMILES string of the molecule is CCNC(=NCC(O)COC(C)c1ccccc1)N1CCOC(c2cnn(C)c2)C1.I. The number of hydrogen-bond acceptors (Lipinski definition) is 5. The number of aryl methyl sites for hydroxylation is 1. The van der Waals surface area contributed by atoms with Crippen LogP contribution in [0.3, 0.4) is 0 Å². The molecule has 0 aliphatic carbocycles. The van der Waals surface area contributed by atoms with Gasteiger partial charge < -0.3 is 24.8 Å². The minimum atomic E-state index is -0.667. The number of nitrogens with one attached hydrogen (secondary N) is 1. The molecule has 1 aromatic heterocycles. The van der Waals surface area contributed by atoms with Crippen LogP contribution in [0.5, 0.6) is 0 Å². The maximum atomic E-state index is 10.4. The third-order valence-corrected chi connectivity index (χ3v) is 5.06. The highest BCUT2D eigenvalue weighted by Crippen LogP contribution is 2.21. The van der Waals surface area contributed by atoms with Crippen molar-refractivity contribution in [3.63, 3.8) is 0 Å². The second kappa shape index (κ2) is 13.0. The molecule has 0 spiro atoms. The quantitative estimate of drug-likeness (QED) is 0.303. The zero-order valence-corrected chi connectivity index (χ0v) is 20.8. The van der Waals surface area contributed by atoms with Crippen LogP contribution in [0, 0.1) is 0 Å². The Morgan fingerprint density at radius 1 is 1.39 bits per heavy atom. The van der Waals surface area contributed by atoms with E-state index in [1.807, 2.05) is 63.6 Å². The zero-order chi connectivity index (χ0) is 21.3. The van der Waals surface area contributed by atoms with Gasteiger partial charge >= 0.3 is 0 Å². The van der Waals surface area contributed by atoms with Crippen LogP contribution in [0.4, 0.5) is 0 Å². The molecule has 9 heteroatoms. The Hall–Kier alpha value is -1.69. The predicted molar refractivity (Wildman–Crippen MR) is 132 cm³/mol. The van der Waals surface area contributed by atoms with E-state index in [1.54, 1.807) is 4.68 Å². The van der Waals surface area contributed by atoms with Crippen LogP contribution in [0.1, 0.15) is 37.2 Å². The van der Waals surface area contributed by atoms with Gasteiger partial charge in [-0.25, -0.2) is 0 Å². The third kappa shape index (κ3) is 7.74. The fraction of sp³-hybridized carbons (Fsp3) is 0.545. The fourth-order valence-corrected chi connectivity index (χ4v) is 3.40. The van der Waals surface area contributed by atoms with Gasteiger partial charge in [0.25, 0.3) is 0 Å². The van der Waals surface area contributed by atoms with Crippen LogP contribution in [0.15, 0.2) is 47.7 Å². The Bertz CT molecular complexity index is 801. The molecule has 31 heavy (non-hydrogen) atoms. The molecule has 1 aliphatic heterocycles. The zero-order valence-electron chi connectivity index (χ0n) is 18.5. The van der Waals surface area contributed by atoms with E-state index in [2.05, 4.69) is 20.3 Å². The maximum Gasteiger partial charge on any atom is 0.194 e. The van der Waals surface area contributed by atoms with E-state index < -0.39 is 6.10 Å². The summed E-state index contributed by atoms with van der Waals surface area (Å²) >= 11 is 0. The molecule has 1 aromatic carbocycles. The average Bonchev–Trinajstić information content (AvgIpc) is 3.22. The first kappa shape index (κ1) is 25.6. The Morgan fingerprint density at radius 3 is 2.84 bits per heavy atom. The molecule has 172 valence electrons. The summed E-state index contributed by atoms with van der Waals surface area (Å²) in [5.74, 6) is 0.782. The number of ether oxygens (including phenoxy) is 2. The van der Waals surface area contributed by atoms with Crippen molar-refractivity contribution in [3.8, 4) is 0 Å². The summed E-state index contributed by atoms with van der Waals surface area (Å²) in [7, 11) is 1.90. The Kier molecular flexibility index (Phi) is 10.7. The Balaban J connectivity index is 0.00000341. The standard InChI is InChI=1S/C22H33N5O3.HI/c1-4-23-22(27-10-11-29-21(15-27)19-12-25-26(3)14-19)24-13-20(28)16-30-17(2)18-8-6-5-7-9-18;/h5-9,12,14,17,20-21,28H,4,10-11,13,15-16H2,1-3H3,(H,23,24);1H. The minimum absolute atomic E-state index is 0. The number of halogens is 1. The van der Waals surface area contributed by atoms with Gasteiger partial charge in [-0.3, -0.25) is 9.67 Å². The molecule has 2 heterocycles. The van der Waals surface area contributed by atoms with Gasteiger partial charge in [-0.1, -0.05) is 30.3 Å². The molecule has 3 unspecified atom stereocenters. The van der Waals surface area contributed by atoms with Crippen molar-refractivity contribution in [2.75, 3.05) is 39.4 Å². The van der Waals surface area contributed by atoms with Crippen LogP contribution in [0.25, 0.3) is 0 Å². The van der Waals surface area contributed by atoms with Crippen molar-refractivity contribution in [3.05, 3.63) is 53.9 Å². The highest BCUT2D eigenvalue weighted by molar-refractivity contribution is 14.0. The van der Waals surface area contributed by atoms with E-state index in [1.165, 1.54) is 0 Å². The lowest BCUT2D eigenvalue weighted by molar-refractivity contribution is -0.00890. The Labute approximate surface area is 201 Å². The van der Waals surface area contributed by atoms with Gasteiger partial charge in [0.1, 0.15) is 6.10 Å². The molecule has 0 radical (unpaired) electrons. The summed E-state index contributed by atoms with van der Waals surface area (Å²) in [5, 5.41) is 17.9. The van der Waals surface area contributed by atoms with E-state index in [0.29, 0.717) is 13.2 Å². The van der Waals surface area contributed by atoms with Gasteiger partial charge in [-0.15, -0.1) is 24.0 Å². The molecular weight excluding hydrogens is 509 g/mol. The number of aromatic nitrogens is 2. The lowest BCUT2D eigenvalue weighted by atomic mass is 10.1. The number of guanidine groups is 1. The second-order valence-electron chi connectivity index (χ2n) is 7.49. The molecule has 2 N–H and O–H groups in total. The highest BCUT2D eigenvalue weighted by Gasteiger charge is 2.25. The molecule has 0 bridgehead atoms. The smallest absolute Gasteiger partial charge is 0.194 e. The number of aliphatic imine (C=N–C) groups is 1. The largest absolute Gasteiger partial charge is 0.389 e. The second-order valence-corrected chi connectivity index (χ2v) is 7.49. The predicted octanol–water partition coefficient (Wildman–Crippen LogP) is 2.52. The van der Waals surface area contributed by atoms with Crippen LogP contribution < -0.4 is 5.32 Å². The normalized spacial score (nSPS) is 18.9. The van der Waals surface area contributed by atoms with E-state index in [4.69, 9.17) is 9.47 Å². The first-order valence-electron chi connectivity index (χ1n) is 10.5. The summed E-state index contributed by atoms with van der Waals surface area (Å²) in [6, 6.07) is 10.00. The third-order valence-electron chi connectivity index (χ3n) is 5.06. The summed E-state index contributed by atoms with van der Waals surface area (Å²) in [6.45, 7) is 7.35. The van der Waals surface area contributed by atoms with Crippen LogP contribution in [-0.4, -0.2) is 71.2 Å². The number of morpholine rings is 1. The van der Waals surface area contributed by atoms with Gasteiger partial charge in [0.15, 0.2) is 5.96 Å². The topological polar surface area (TPSA) is 84.1 Å². The van der Waals surface area contributed by atoms with Crippen molar-refractivity contribution < 1.29 is 14.6 Å². The molecule has 3 atom stereocenters. The van der Waals surface area contributed by atoms with Gasteiger partial charge in [0, 0.05) is 31.9 Å². The lowest BCUT2D eigenvalue weighted by Crippen LogP contribution is -2.48. The van der Waals surface area contributed by atoms with E-state index in [0.717, 1.165) is 30.2 Å². The fourth-order valence-electron chi connectivity index (χ4n) is 3.40. The number of aliphatic hydroxyl groups excluding tert-OH is 1. The molecule has 1 fully saturated rings. The van der Waals surface area contributed by atoms with Crippen LogP contribution in [-0.2, 0) is 16.5 Å². The monoisotopic (exact) mass is 543 g/mol. The summed E-state index contributed by atoms with van der Waals surface area (Å²) < 4.78 is 13.5. The lowest BCUT2D eigenvalue weighted by Gasteiger charge is -2.35. The minimum Gasteiger partial charge on any atom is -0.389 e. The molecule has 8 nitrogen and oxygen atoms in total. The summed E-state index contributed by atoms with van der Waals surface area (Å²) in [4.78, 5) is 6.82. The molecule has 2 aromatic rings. The molecule has 1 aliphatic rings. The molecule has 3 rings (SSSR count). The first-order valence-corrected chi connectivity index (χ1v) is 10.5. The van der Waals surface area contributed by atoms with E-state index in [-0.39, 0.29) is 49.3 Å². The summed E-state index contributed by atoms with van der Waals surface area (Å²) in [6.07, 6.45) is 3.04.